The molecule has 2 N–H and O–H groups in total. The minimum absolute atomic E-state index is 0.0240. The van der Waals surface area contributed by atoms with E-state index < -0.39 is 5.97 Å². The van der Waals surface area contributed by atoms with Crippen molar-refractivity contribution in [3.05, 3.63) is 35.4 Å². The van der Waals surface area contributed by atoms with Crippen LogP contribution < -0.4 is 0 Å². The third kappa shape index (κ3) is 6.72. The molecule has 4 atom stereocenters. The Morgan fingerprint density at radius 3 is 2.38 bits per heavy atom. The van der Waals surface area contributed by atoms with Crippen LogP contribution in [0.2, 0.25) is 0 Å². The maximum Gasteiger partial charge on any atom is 0.303 e. The molecule has 0 spiro atoms. The van der Waals surface area contributed by atoms with Gasteiger partial charge in [0.25, 0.3) is 0 Å². The van der Waals surface area contributed by atoms with Crippen LogP contribution >= 0.6 is 11.6 Å². The van der Waals surface area contributed by atoms with Crippen molar-refractivity contribution in [1.82, 2.24) is 0 Å². The molecule has 0 saturated heterocycles. The van der Waals surface area contributed by atoms with Crippen molar-refractivity contribution in [2.75, 3.05) is 0 Å². The van der Waals surface area contributed by atoms with Gasteiger partial charge in [-0.05, 0) is 48.6 Å². The number of hydrogen-bond acceptors (Lipinski definition) is 2. The van der Waals surface area contributed by atoms with Gasteiger partial charge in [0, 0.05) is 17.7 Å². The molecule has 3 nitrogen and oxygen atoms in total. The lowest BCUT2D eigenvalue weighted by atomic mass is 9.82. The number of carbonyl (C=O) groups is 1. The number of halogens is 1. The highest BCUT2D eigenvalue weighted by molar-refractivity contribution is 6.21. The van der Waals surface area contributed by atoms with Crippen LogP contribution in [0.25, 0.3) is 0 Å². The van der Waals surface area contributed by atoms with Crippen molar-refractivity contribution in [2.24, 2.45) is 11.8 Å². The zero-order valence-corrected chi connectivity index (χ0v) is 18.3. The van der Waals surface area contributed by atoms with Crippen molar-refractivity contribution in [3.63, 3.8) is 0 Å². The lowest BCUT2D eigenvalue weighted by molar-refractivity contribution is -0.137. The minimum atomic E-state index is -0.711. The average molecular weight is 421 g/mol. The van der Waals surface area contributed by atoms with E-state index in [4.69, 9.17) is 16.7 Å². The number of carboxylic acid groups (broad SMARTS) is 1. The van der Waals surface area contributed by atoms with Gasteiger partial charge >= 0.3 is 5.97 Å². The Labute approximate surface area is 180 Å². The standard InChI is InChI=1S/C25H37ClO3/c26-22-17-23(27)25(21(22)10-6-1-2-7-11-24(28)29)20-14-12-19(13-15-20)16-18-8-4-3-5-9-18/h12-15,18,21-23,25,27H,1-11,16-17H2,(H,28,29)/t21-,22+,23+,25+/m0/s1. The molecule has 2 aliphatic rings. The summed E-state index contributed by atoms with van der Waals surface area (Å²) < 4.78 is 0. The molecule has 0 amide bonds. The average Bonchev–Trinajstić information content (AvgIpc) is 2.99. The van der Waals surface area contributed by atoms with E-state index in [0.29, 0.717) is 12.3 Å². The van der Waals surface area contributed by atoms with E-state index in [1.54, 1.807) is 0 Å². The van der Waals surface area contributed by atoms with Crippen molar-refractivity contribution < 1.29 is 15.0 Å². The Balaban J connectivity index is 1.52. The van der Waals surface area contributed by atoms with E-state index in [9.17, 15) is 9.90 Å². The van der Waals surface area contributed by atoms with Crippen LogP contribution in [0.1, 0.15) is 94.1 Å². The molecule has 1 aromatic rings. The number of carboxylic acids is 1. The Morgan fingerprint density at radius 1 is 1.00 bits per heavy atom. The quantitative estimate of drug-likeness (QED) is 0.344. The summed E-state index contributed by atoms with van der Waals surface area (Å²) in [6.07, 6.45) is 13.4. The number of aliphatic hydroxyl groups excluding tert-OH is 1. The number of benzene rings is 1. The van der Waals surface area contributed by atoms with Crippen molar-refractivity contribution in [3.8, 4) is 0 Å². The minimum Gasteiger partial charge on any atom is -0.481 e. The van der Waals surface area contributed by atoms with Crippen LogP contribution in [0.4, 0.5) is 0 Å². The molecule has 2 aliphatic carbocycles. The van der Waals surface area contributed by atoms with Crippen LogP contribution in [0.15, 0.2) is 24.3 Å². The van der Waals surface area contributed by atoms with Gasteiger partial charge in [-0.2, -0.15) is 0 Å². The van der Waals surface area contributed by atoms with E-state index in [0.717, 1.165) is 38.0 Å². The molecule has 0 unspecified atom stereocenters. The third-order valence-corrected chi connectivity index (χ3v) is 7.60. The van der Waals surface area contributed by atoms with E-state index in [1.807, 2.05) is 0 Å². The van der Waals surface area contributed by atoms with Gasteiger partial charge in [-0.25, -0.2) is 0 Å². The molecule has 1 aromatic carbocycles. The van der Waals surface area contributed by atoms with Crippen LogP contribution in [-0.4, -0.2) is 27.7 Å². The number of hydrogen-bond donors (Lipinski definition) is 2. The largest absolute Gasteiger partial charge is 0.481 e. The summed E-state index contributed by atoms with van der Waals surface area (Å²) in [5.41, 5.74) is 2.65. The second-order valence-corrected chi connectivity index (χ2v) is 9.87. The molecule has 29 heavy (non-hydrogen) atoms. The SMILES string of the molecule is O=C(O)CCCCCC[C@@H]1[C@@H](c2ccc(CC3CCCCC3)cc2)[C@H](O)C[C@H]1Cl. The number of aliphatic carboxylic acids is 1. The van der Waals surface area contributed by atoms with Gasteiger partial charge < -0.3 is 10.2 Å². The lowest BCUT2D eigenvalue weighted by Crippen LogP contribution is -2.19. The first kappa shape index (κ1) is 22.6. The molecule has 0 heterocycles. The summed E-state index contributed by atoms with van der Waals surface area (Å²) in [7, 11) is 0. The van der Waals surface area contributed by atoms with Crippen LogP contribution in [0.3, 0.4) is 0 Å². The molecular weight excluding hydrogens is 384 g/mol. The highest BCUT2D eigenvalue weighted by Crippen LogP contribution is 2.45. The van der Waals surface area contributed by atoms with E-state index in [2.05, 4.69) is 24.3 Å². The van der Waals surface area contributed by atoms with Crippen LogP contribution in [0.5, 0.6) is 0 Å². The fourth-order valence-corrected chi connectivity index (χ4v) is 5.97. The lowest BCUT2D eigenvalue weighted by Gasteiger charge is -2.25. The zero-order valence-electron chi connectivity index (χ0n) is 17.6. The summed E-state index contributed by atoms with van der Waals surface area (Å²) in [6.45, 7) is 0. The van der Waals surface area contributed by atoms with Crippen molar-refractivity contribution in [1.29, 1.82) is 0 Å². The van der Waals surface area contributed by atoms with Gasteiger partial charge in [-0.1, -0.05) is 75.6 Å². The molecule has 2 fully saturated rings. The fraction of sp³-hybridized carbons (Fsp3) is 0.720. The van der Waals surface area contributed by atoms with Crippen LogP contribution in [-0.2, 0) is 11.2 Å². The number of aliphatic hydroxyl groups is 1. The summed E-state index contributed by atoms with van der Waals surface area (Å²) in [4.78, 5) is 10.6. The van der Waals surface area contributed by atoms with Crippen LogP contribution in [0, 0.1) is 11.8 Å². The molecule has 162 valence electrons. The first-order valence-corrected chi connectivity index (χ1v) is 12.1. The molecule has 4 heteroatoms. The Morgan fingerprint density at radius 2 is 1.69 bits per heavy atom. The molecule has 2 saturated carbocycles. The van der Waals surface area contributed by atoms with Crippen molar-refractivity contribution >= 4 is 17.6 Å². The Hall–Kier alpha value is -1.06. The van der Waals surface area contributed by atoms with Gasteiger partial charge in [0.05, 0.1) is 6.10 Å². The molecular formula is C25H37ClO3. The summed E-state index contributed by atoms with van der Waals surface area (Å²) in [5, 5.41) is 19.4. The first-order valence-electron chi connectivity index (χ1n) is 11.7. The summed E-state index contributed by atoms with van der Waals surface area (Å²) >= 11 is 6.62. The number of alkyl halides is 1. The normalized spacial score (nSPS) is 27.9. The van der Waals surface area contributed by atoms with E-state index in [1.165, 1.54) is 49.7 Å². The predicted octanol–water partition coefficient (Wildman–Crippen LogP) is 6.31. The Bertz CT molecular complexity index is 623. The molecule has 0 bridgehead atoms. The Kier molecular flexibility index (Phi) is 8.86. The maximum absolute atomic E-state index is 10.7. The van der Waals surface area contributed by atoms with E-state index in [-0.39, 0.29) is 23.8 Å². The second kappa shape index (κ2) is 11.4. The predicted molar refractivity (Wildman–Crippen MR) is 119 cm³/mol. The first-order chi connectivity index (χ1) is 14.0. The highest BCUT2D eigenvalue weighted by Gasteiger charge is 2.41. The number of rotatable bonds is 10. The van der Waals surface area contributed by atoms with Crippen molar-refractivity contribution in [2.45, 2.75) is 101 Å². The molecule has 0 radical (unpaired) electrons. The van der Waals surface area contributed by atoms with Gasteiger partial charge in [0.2, 0.25) is 0 Å². The number of unbranched alkanes of at least 4 members (excludes halogenated alkanes) is 3. The summed E-state index contributed by atoms with van der Waals surface area (Å²) in [6, 6.07) is 8.98. The summed E-state index contributed by atoms with van der Waals surface area (Å²) in [5.74, 6) is 0.556. The van der Waals surface area contributed by atoms with Gasteiger partial charge in [0.15, 0.2) is 0 Å². The molecule has 0 aromatic heterocycles. The van der Waals surface area contributed by atoms with Gasteiger partial charge in [-0.15, -0.1) is 11.6 Å². The van der Waals surface area contributed by atoms with E-state index >= 15 is 0 Å². The highest BCUT2D eigenvalue weighted by atomic mass is 35.5. The van der Waals surface area contributed by atoms with Gasteiger partial charge in [-0.3, -0.25) is 4.79 Å². The molecule has 0 aliphatic heterocycles. The van der Waals surface area contributed by atoms with Gasteiger partial charge in [0.1, 0.15) is 0 Å². The topological polar surface area (TPSA) is 57.5 Å². The smallest absolute Gasteiger partial charge is 0.303 e. The zero-order chi connectivity index (χ0) is 20.6. The molecule has 3 rings (SSSR count). The third-order valence-electron chi connectivity index (χ3n) is 7.10. The maximum atomic E-state index is 10.7. The fourth-order valence-electron chi connectivity index (χ4n) is 5.50. The second-order valence-electron chi connectivity index (χ2n) is 9.31. The monoisotopic (exact) mass is 420 g/mol.